The second-order valence-electron chi connectivity index (χ2n) is 6.49. The molecule has 2 heterocycles. The van der Waals surface area contributed by atoms with E-state index in [2.05, 4.69) is 41.3 Å². The van der Waals surface area contributed by atoms with Crippen molar-refractivity contribution in [2.24, 2.45) is 0 Å². The van der Waals surface area contributed by atoms with Crippen molar-refractivity contribution in [2.75, 3.05) is 16.8 Å². The molecule has 1 amide bonds. The summed E-state index contributed by atoms with van der Waals surface area (Å²) in [6.07, 6.45) is 2.65. The van der Waals surface area contributed by atoms with Gasteiger partial charge in [-0.2, -0.15) is 9.78 Å². The summed E-state index contributed by atoms with van der Waals surface area (Å²) in [5, 5.41) is 7.76. The van der Waals surface area contributed by atoms with Gasteiger partial charge in [0.05, 0.1) is 6.20 Å². The molecule has 0 fully saturated rings. The van der Waals surface area contributed by atoms with Crippen LogP contribution >= 0.6 is 11.6 Å². The third-order valence-corrected chi connectivity index (χ3v) is 4.89. The Morgan fingerprint density at radius 2 is 1.88 bits per heavy atom. The van der Waals surface area contributed by atoms with Crippen LogP contribution in [-0.2, 0) is 6.42 Å². The molecule has 0 saturated carbocycles. The summed E-state index contributed by atoms with van der Waals surface area (Å²) in [6.45, 7) is 5.02. The lowest BCUT2D eigenvalue weighted by Gasteiger charge is -2.24. The van der Waals surface area contributed by atoms with Gasteiger partial charge in [0.1, 0.15) is 5.82 Å². The van der Waals surface area contributed by atoms with E-state index in [1.54, 1.807) is 30.5 Å². The average Bonchev–Trinajstić information content (AvgIpc) is 3.17. The van der Waals surface area contributed by atoms with Crippen LogP contribution in [0, 0.1) is 13.8 Å². The number of nitrogens with zero attached hydrogens (tertiary/aromatic N) is 3. The van der Waals surface area contributed by atoms with E-state index in [1.165, 1.54) is 15.8 Å². The molecule has 1 aromatic heterocycles. The Balaban J connectivity index is 1.70. The van der Waals surface area contributed by atoms with Crippen molar-refractivity contribution in [3.63, 3.8) is 0 Å². The van der Waals surface area contributed by atoms with Crippen LogP contribution in [0.15, 0.2) is 48.7 Å². The van der Waals surface area contributed by atoms with Crippen LogP contribution in [0.3, 0.4) is 0 Å². The van der Waals surface area contributed by atoms with Gasteiger partial charge in [-0.3, -0.25) is 0 Å². The fraction of sp³-hybridized carbons (Fsp3) is 0.200. The zero-order valence-electron chi connectivity index (χ0n) is 14.7. The number of rotatable bonds is 2. The maximum Gasteiger partial charge on any atom is 0.348 e. The quantitative estimate of drug-likeness (QED) is 0.699. The Morgan fingerprint density at radius 1 is 1.15 bits per heavy atom. The zero-order chi connectivity index (χ0) is 18.3. The van der Waals surface area contributed by atoms with Crippen LogP contribution in [0.25, 0.3) is 0 Å². The SMILES string of the molecule is Cc1cccc(C)c1N1CCc2cnn(C(=O)Nc3cccc(Cl)c3)c21. The third kappa shape index (κ3) is 2.84. The van der Waals surface area contributed by atoms with Gasteiger partial charge in [-0.25, -0.2) is 4.79 Å². The highest BCUT2D eigenvalue weighted by molar-refractivity contribution is 6.30. The molecule has 3 aromatic rings. The number of carbonyl (C=O) groups excluding carboxylic acids is 1. The van der Waals surface area contributed by atoms with Gasteiger partial charge in [0.15, 0.2) is 0 Å². The standard InChI is InChI=1S/C20H19ClN4O/c1-13-5-3-6-14(2)18(13)24-10-9-15-12-22-25(19(15)24)20(26)23-17-8-4-7-16(21)11-17/h3-8,11-12H,9-10H2,1-2H3,(H,23,26). The maximum absolute atomic E-state index is 12.8. The number of carbonyl (C=O) groups is 1. The zero-order valence-corrected chi connectivity index (χ0v) is 15.4. The Hall–Kier alpha value is -2.79. The number of nitrogens with one attached hydrogen (secondary N) is 1. The summed E-state index contributed by atoms with van der Waals surface area (Å²) in [4.78, 5) is 15.0. The molecule has 5 nitrogen and oxygen atoms in total. The van der Waals surface area contributed by atoms with Crippen molar-refractivity contribution in [2.45, 2.75) is 20.3 Å². The highest BCUT2D eigenvalue weighted by atomic mass is 35.5. The minimum Gasteiger partial charge on any atom is -0.325 e. The molecule has 0 radical (unpaired) electrons. The van der Waals surface area contributed by atoms with E-state index in [0.717, 1.165) is 30.0 Å². The average molecular weight is 367 g/mol. The maximum atomic E-state index is 12.8. The first kappa shape index (κ1) is 16.7. The fourth-order valence-electron chi connectivity index (χ4n) is 3.52. The molecule has 0 spiro atoms. The normalized spacial score (nSPS) is 13.0. The van der Waals surface area contributed by atoms with Crippen LogP contribution in [0.1, 0.15) is 16.7 Å². The van der Waals surface area contributed by atoms with E-state index in [4.69, 9.17) is 11.6 Å². The van der Waals surface area contributed by atoms with Gasteiger partial charge >= 0.3 is 6.03 Å². The molecule has 1 aliphatic rings. The molecule has 0 bridgehead atoms. The van der Waals surface area contributed by atoms with Crippen molar-refractivity contribution in [3.05, 3.63) is 70.4 Å². The van der Waals surface area contributed by atoms with Crippen molar-refractivity contribution in [3.8, 4) is 0 Å². The Morgan fingerprint density at radius 3 is 2.62 bits per heavy atom. The van der Waals surface area contributed by atoms with E-state index in [-0.39, 0.29) is 6.03 Å². The van der Waals surface area contributed by atoms with E-state index in [9.17, 15) is 4.79 Å². The van der Waals surface area contributed by atoms with Crippen LogP contribution < -0.4 is 10.2 Å². The van der Waals surface area contributed by atoms with Crippen LogP contribution in [-0.4, -0.2) is 22.4 Å². The van der Waals surface area contributed by atoms with E-state index in [1.807, 2.05) is 6.07 Å². The molecule has 1 aliphatic heterocycles. The second kappa shape index (κ2) is 6.50. The van der Waals surface area contributed by atoms with Crippen molar-refractivity contribution in [1.29, 1.82) is 0 Å². The highest BCUT2D eigenvalue weighted by Crippen LogP contribution is 2.38. The highest BCUT2D eigenvalue weighted by Gasteiger charge is 2.29. The van der Waals surface area contributed by atoms with Gasteiger partial charge < -0.3 is 10.2 Å². The summed E-state index contributed by atoms with van der Waals surface area (Å²) in [6, 6.07) is 13.0. The summed E-state index contributed by atoms with van der Waals surface area (Å²) in [5.74, 6) is 0.835. The fourth-order valence-corrected chi connectivity index (χ4v) is 3.71. The molecule has 1 N–H and O–H groups in total. The Kier molecular flexibility index (Phi) is 4.17. The minimum atomic E-state index is -0.299. The van der Waals surface area contributed by atoms with Crippen LogP contribution in [0.5, 0.6) is 0 Å². The van der Waals surface area contributed by atoms with Crippen LogP contribution in [0.4, 0.5) is 22.0 Å². The van der Waals surface area contributed by atoms with Gasteiger partial charge in [-0.1, -0.05) is 35.9 Å². The number of anilines is 3. The summed E-state index contributed by atoms with van der Waals surface area (Å²) in [5.41, 5.74) is 5.22. The van der Waals surface area contributed by atoms with E-state index >= 15 is 0 Å². The predicted octanol–water partition coefficient (Wildman–Crippen LogP) is 4.93. The van der Waals surface area contributed by atoms with Gasteiger partial charge in [0.25, 0.3) is 0 Å². The molecule has 2 aromatic carbocycles. The molecule has 4 rings (SSSR count). The monoisotopic (exact) mass is 366 g/mol. The summed E-state index contributed by atoms with van der Waals surface area (Å²) >= 11 is 6.00. The molecular formula is C20H19ClN4O. The second-order valence-corrected chi connectivity index (χ2v) is 6.92. The topological polar surface area (TPSA) is 50.2 Å². The third-order valence-electron chi connectivity index (χ3n) is 4.65. The number of halogens is 1. The smallest absolute Gasteiger partial charge is 0.325 e. The Bertz CT molecular complexity index is 975. The molecule has 0 atom stereocenters. The van der Waals surface area contributed by atoms with Crippen molar-refractivity contribution < 1.29 is 4.79 Å². The van der Waals surface area contributed by atoms with Crippen LogP contribution in [0.2, 0.25) is 5.02 Å². The molecule has 0 aliphatic carbocycles. The van der Waals surface area contributed by atoms with E-state index < -0.39 is 0 Å². The summed E-state index contributed by atoms with van der Waals surface area (Å²) < 4.78 is 1.44. The van der Waals surface area contributed by atoms with Crippen molar-refractivity contribution >= 4 is 34.8 Å². The number of fused-ring (bicyclic) bond motifs is 1. The lowest BCUT2D eigenvalue weighted by atomic mass is 10.1. The first-order valence-electron chi connectivity index (χ1n) is 8.52. The molecule has 132 valence electrons. The van der Waals surface area contributed by atoms with Gasteiger partial charge in [0.2, 0.25) is 0 Å². The number of benzene rings is 2. The summed E-state index contributed by atoms with van der Waals surface area (Å²) in [7, 11) is 0. The largest absolute Gasteiger partial charge is 0.348 e. The number of aromatic nitrogens is 2. The molecule has 26 heavy (non-hydrogen) atoms. The number of hydrogen-bond donors (Lipinski definition) is 1. The van der Waals surface area contributed by atoms with Gasteiger partial charge in [-0.05, 0) is 49.6 Å². The van der Waals surface area contributed by atoms with Crippen molar-refractivity contribution in [1.82, 2.24) is 9.78 Å². The lowest BCUT2D eigenvalue weighted by molar-refractivity contribution is 0.251. The van der Waals surface area contributed by atoms with Gasteiger partial charge in [-0.15, -0.1) is 0 Å². The lowest BCUT2D eigenvalue weighted by Crippen LogP contribution is -2.26. The number of hydrogen-bond acceptors (Lipinski definition) is 3. The molecular weight excluding hydrogens is 348 g/mol. The molecule has 0 saturated heterocycles. The van der Waals surface area contributed by atoms with Gasteiger partial charge in [0, 0.05) is 28.5 Å². The Labute approximate surface area is 157 Å². The van der Waals surface area contributed by atoms with E-state index in [0.29, 0.717) is 10.7 Å². The molecule has 0 unspecified atom stereocenters. The number of amides is 1. The number of para-hydroxylation sites is 1. The minimum absolute atomic E-state index is 0.299. The predicted molar refractivity (Wildman–Crippen MR) is 105 cm³/mol. The first-order valence-corrected chi connectivity index (χ1v) is 8.90. The molecule has 6 heteroatoms. The first-order chi connectivity index (χ1) is 12.5. The number of aryl methyl sites for hydroxylation is 2.